The van der Waals surface area contributed by atoms with E-state index in [0.717, 1.165) is 28.6 Å². The first-order chi connectivity index (χ1) is 10.2. The van der Waals surface area contributed by atoms with Gasteiger partial charge >= 0.3 is 0 Å². The van der Waals surface area contributed by atoms with Crippen LogP contribution in [0.2, 0.25) is 5.02 Å². The minimum atomic E-state index is 0.683. The maximum atomic E-state index is 6.35. The van der Waals surface area contributed by atoms with Crippen molar-refractivity contribution in [2.75, 3.05) is 32.2 Å². The summed E-state index contributed by atoms with van der Waals surface area (Å²) in [4.78, 5) is 2.14. The molecule has 5 heteroatoms. The molecule has 21 heavy (non-hydrogen) atoms. The Labute approximate surface area is 130 Å². The van der Waals surface area contributed by atoms with Crippen LogP contribution in [-0.2, 0) is 17.8 Å². The Hall–Kier alpha value is -1.49. The van der Waals surface area contributed by atoms with Crippen molar-refractivity contribution in [3.8, 4) is 0 Å². The highest BCUT2D eigenvalue weighted by molar-refractivity contribution is 6.31. The molecule has 0 spiro atoms. The Balaban J connectivity index is 2.08. The molecule has 0 aliphatic heterocycles. The summed E-state index contributed by atoms with van der Waals surface area (Å²) in [5.41, 5.74) is 2.19. The number of ether oxygens (including phenoxy) is 1. The monoisotopic (exact) mass is 308 g/mol. The van der Waals surface area contributed by atoms with Crippen LogP contribution >= 0.6 is 11.6 Å². The highest BCUT2D eigenvalue weighted by Crippen LogP contribution is 2.27. The van der Waals surface area contributed by atoms with Crippen LogP contribution in [0, 0.1) is 0 Å². The first-order valence-corrected chi connectivity index (χ1v) is 7.30. The molecular weight excluding hydrogens is 288 g/mol. The molecule has 1 aromatic heterocycles. The Bertz CT molecular complexity index is 543. The van der Waals surface area contributed by atoms with Crippen LogP contribution in [-0.4, -0.2) is 27.3 Å². The van der Waals surface area contributed by atoms with Gasteiger partial charge in [-0.25, -0.2) is 0 Å². The first-order valence-electron chi connectivity index (χ1n) is 6.93. The standard InChI is InChI=1S/C16H21ClN2O2/c1-19(12-13-5-4-9-21-13)16-7-3-6-15(17)14(16)11-18-8-10-20-2/h3-7,9,18H,8,10-12H2,1-2H3. The Morgan fingerprint density at radius 2 is 2.14 bits per heavy atom. The molecule has 0 aliphatic rings. The van der Waals surface area contributed by atoms with E-state index in [2.05, 4.69) is 16.3 Å². The van der Waals surface area contributed by atoms with Crippen molar-refractivity contribution in [1.29, 1.82) is 0 Å². The zero-order chi connectivity index (χ0) is 15.1. The molecule has 2 rings (SSSR count). The fourth-order valence-corrected chi connectivity index (χ4v) is 2.43. The molecule has 0 unspecified atom stereocenters. The van der Waals surface area contributed by atoms with Crippen molar-refractivity contribution < 1.29 is 9.15 Å². The fraction of sp³-hybridized carbons (Fsp3) is 0.375. The zero-order valence-electron chi connectivity index (χ0n) is 12.4. The predicted octanol–water partition coefficient (Wildman–Crippen LogP) is 3.31. The topological polar surface area (TPSA) is 37.6 Å². The van der Waals surface area contributed by atoms with Gasteiger partial charge in [-0.05, 0) is 24.3 Å². The average Bonchev–Trinajstić information content (AvgIpc) is 2.97. The second-order valence-corrected chi connectivity index (χ2v) is 5.25. The fourth-order valence-electron chi connectivity index (χ4n) is 2.19. The minimum Gasteiger partial charge on any atom is -0.467 e. The summed E-state index contributed by atoms with van der Waals surface area (Å²) in [6.45, 7) is 2.89. The van der Waals surface area contributed by atoms with Crippen molar-refractivity contribution in [2.45, 2.75) is 13.1 Å². The van der Waals surface area contributed by atoms with Gasteiger partial charge in [0.05, 0.1) is 19.4 Å². The molecule has 1 heterocycles. The maximum absolute atomic E-state index is 6.35. The minimum absolute atomic E-state index is 0.683. The van der Waals surface area contributed by atoms with E-state index in [-0.39, 0.29) is 0 Å². The van der Waals surface area contributed by atoms with Crippen molar-refractivity contribution in [2.24, 2.45) is 0 Å². The lowest BCUT2D eigenvalue weighted by Crippen LogP contribution is -2.22. The number of halogens is 1. The van der Waals surface area contributed by atoms with Gasteiger partial charge in [0, 0.05) is 43.5 Å². The number of hydrogen-bond acceptors (Lipinski definition) is 4. The number of hydrogen-bond donors (Lipinski definition) is 1. The van der Waals surface area contributed by atoms with E-state index in [1.807, 2.05) is 31.3 Å². The largest absolute Gasteiger partial charge is 0.467 e. The normalized spacial score (nSPS) is 10.8. The van der Waals surface area contributed by atoms with Crippen LogP contribution in [0.15, 0.2) is 41.0 Å². The molecule has 0 aliphatic carbocycles. The van der Waals surface area contributed by atoms with E-state index in [1.54, 1.807) is 13.4 Å². The van der Waals surface area contributed by atoms with Crippen molar-refractivity contribution in [1.82, 2.24) is 5.32 Å². The number of rotatable bonds is 8. The van der Waals surface area contributed by atoms with Crippen LogP contribution < -0.4 is 10.2 Å². The smallest absolute Gasteiger partial charge is 0.123 e. The molecule has 0 saturated carbocycles. The highest BCUT2D eigenvalue weighted by atomic mass is 35.5. The molecule has 0 saturated heterocycles. The van der Waals surface area contributed by atoms with Crippen molar-refractivity contribution in [3.63, 3.8) is 0 Å². The number of nitrogens with one attached hydrogen (secondary N) is 1. The lowest BCUT2D eigenvalue weighted by Gasteiger charge is -2.22. The molecular formula is C16H21ClN2O2. The van der Waals surface area contributed by atoms with Gasteiger partial charge < -0.3 is 19.4 Å². The molecule has 0 fully saturated rings. The lowest BCUT2D eigenvalue weighted by atomic mass is 10.1. The van der Waals surface area contributed by atoms with Crippen LogP contribution in [0.3, 0.4) is 0 Å². The average molecular weight is 309 g/mol. The third-order valence-electron chi connectivity index (χ3n) is 3.26. The molecule has 0 atom stereocenters. The molecule has 114 valence electrons. The van der Waals surface area contributed by atoms with Crippen LogP contribution in [0.25, 0.3) is 0 Å². The van der Waals surface area contributed by atoms with E-state index in [1.165, 1.54) is 0 Å². The van der Waals surface area contributed by atoms with E-state index >= 15 is 0 Å². The van der Waals surface area contributed by atoms with Gasteiger partial charge in [-0.2, -0.15) is 0 Å². The quantitative estimate of drug-likeness (QED) is 0.759. The van der Waals surface area contributed by atoms with Gasteiger partial charge in [0.25, 0.3) is 0 Å². The van der Waals surface area contributed by atoms with E-state index < -0.39 is 0 Å². The second kappa shape index (κ2) is 8.08. The van der Waals surface area contributed by atoms with Crippen LogP contribution in [0.1, 0.15) is 11.3 Å². The molecule has 2 aromatic rings. The number of methoxy groups -OCH3 is 1. The van der Waals surface area contributed by atoms with E-state index in [4.69, 9.17) is 20.8 Å². The lowest BCUT2D eigenvalue weighted by molar-refractivity contribution is 0.199. The van der Waals surface area contributed by atoms with Crippen LogP contribution in [0.4, 0.5) is 5.69 Å². The Kier molecular flexibility index (Phi) is 6.11. The second-order valence-electron chi connectivity index (χ2n) is 4.84. The number of benzene rings is 1. The summed E-state index contributed by atoms with van der Waals surface area (Å²) in [5.74, 6) is 0.927. The Morgan fingerprint density at radius 3 is 2.86 bits per heavy atom. The van der Waals surface area contributed by atoms with E-state index in [0.29, 0.717) is 19.7 Å². The summed E-state index contributed by atoms with van der Waals surface area (Å²) in [6, 6.07) is 9.82. The molecule has 4 nitrogen and oxygen atoms in total. The highest BCUT2D eigenvalue weighted by Gasteiger charge is 2.12. The summed E-state index contributed by atoms with van der Waals surface area (Å²) >= 11 is 6.35. The maximum Gasteiger partial charge on any atom is 0.123 e. The van der Waals surface area contributed by atoms with Gasteiger partial charge in [-0.1, -0.05) is 17.7 Å². The van der Waals surface area contributed by atoms with Gasteiger partial charge in [-0.3, -0.25) is 0 Å². The van der Waals surface area contributed by atoms with Crippen molar-refractivity contribution >= 4 is 17.3 Å². The van der Waals surface area contributed by atoms with E-state index in [9.17, 15) is 0 Å². The van der Waals surface area contributed by atoms with Gasteiger partial charge in [0.15, 0.2) is 0 Å². The van der Waals surface area contributed by atoms with Gasteiger partial charge in [-0.15, -0.1) is 0 Å². The molecule has 1 N–H and O–H groups in total. The van der Waals surface area contributed by atoms with Crippen LogP contribution in [0.5, 0.6) is 0 Å². The molecule has 0 bridgehead atoms. The number of anilines is 1. The van der Waals surface area contributed by atoms with Gasteiger partial charge in [0.2, 0.25) is 0 Å². The third-order valence-corrected chi connectivity index (χ3v) is 3.62. The zero-order valence-corrected chi connectivity index (χ0v) is 13.2. The van der Waals surface area contributed by atoms with Gasteiger partial charge in [0.1, 0.15) is 5.76 Å². The predicted molar refractivity (Wildman–Crippen MR) is 85.8 cm³/mol. The molecule has 0 amide bonds. The first kappa shape index (κ1) is 15.9. The summed E-state index contributed by atoms with van der Waals surface area (Å²) < 4.78 is 10.4. The van der Waals surface area contributed by atoms with Crippen molar-refractivity contribution in [3.05, 3.63) is 52.9 Å². The summed E-state index contributed by atoms with van der Waals surface area (Å²) in [6.07, 6.45) is 1.69. The summed E-state index contributed by atoms with van der Waals surface area (Å²) in [7, 11) is 3.73. The Morgan fingerprint density at radius 1 is 1.29 bits per heavy atom. The SMILES string of the molecule is COCCNCc1c(Cl)cccc1N(C)Cc1ccco1. The molecule has 0 radical (unpaired) electrons. The number of furan rings is 1. The molecule has 1 aromatic carbocycles. The summed E-state index contributed by atoms with van der Waals surface area (Å²) in [5, 5.41) is 4.11. The number of nitrogens with zero attached hydrogens (tertiary/aromatic N) is 1. The third kappa shape index (κ3) is 4.49.